The molecule has 0 N–H and O–H groups in total. The highest BCUT2D eigenvalue weighted by atomic mass is 16.5. The molecule has 0 aromatic heterocycles. The van der Waals surface area contributed by atoms with Gasteiger partial charge in [0, 0.05) is 0 Å². The summed E-state index contributed by atoms with van der Waals surface area (Å²) in [5.74, 6) is 2.57. The van der Waals surface area contributed by atoms with Crippen LogP contribution in [0.15, 0.2) is 78.9 Å². The fourth-order valence-corrected chi connectivity index (χ4v) is 2.72. The second-order valence-electron chi connectivity index (χ2n) is 7.20. The lowest BCUT2D eigenvalue weighted by Crippen LogP contribution is -1.90. The molecule has 0 aliphatic rings. The van der Waals surface area contributed by atoms with E-state index >= 15 is 0 Å². The molecule has 0 unspecified atom stereocenters. The molecule has 0 spiro atoms. The van der Waals surface area contributed by atoms with Gasteiger partial charge in [-0.05, 0) is 66.6 Å². The van der Waals surface area contributed by atoms with Crippen LogP contribution in [-0.2, 0) is 12.8 Å². The first kappa shape index (κ1) is 33.4. The van der Waals surface area contributed by atoms with Crippen LogP contribution in [0.3, 0.4) is 0 Å². The number of ether oxygens (including phenoxy) is 2. The second-order valence-corrected chi connectivity index (χ2v) is 7.20. The van der Waals surface area contributed by atoms with Crippen LogP contribution in [0.4, 0.5) is 0 Å². The van der Waals surface area contributed by atoms with Crippen LogP contribution in [-0.4, -0.2) is 13.7 Å². The summed E-state index contributed by atoms with van der Waals surface area (Å²) in [4.78, 5) is 0. The van der Waals surface area contributed by atoms with Crippen molar-refractivity contribution in [2.75, 3.05) is 13.7 Å². The molecule has 190 valence electrons. The number of rotatable bonds is 6. The number of benzene rings is 3. The Labute approximate surface area is 211 Å². The minimum absolute atomic E-state index is 0.659. The summed E-state index contributed by atoms with van der Waals surface area (Å²) in [6.45, 7) is 19.4. The Balaban J connectivity index is 0. The van der Waals surface area contributed by atoms with Crippen molar-refractivity contribution in [3.63, 3.8) is 0 Å². The smallest absolute Gasteiger partial charge is 0.119 e. The van der Waals surface area contributed by atoms with Gasteiger partial charge in [-0.1, -0.05) is 110 Å². The molecule has 2 nitrogen and oxygen atoms in total. The molecule has 3 aromatic carbocycles. The summed E-state index contributed by atoms with van der Waals surface area (Å²) < 4.78 is 10.4. The predicted molar refractivity (Wildman–Crippen MR) is 153 cm³/mol. The SMILES string of the molecule is CC.CC.CC(C)c1ccccc1.CCOc1ccc(CC)cc1.CCc1cccc(OC)c1. The van der Waals surface area contributed by atoms with Gasteiger partial charge < -0.3 is 9.47 Å². The third kappa shape index (κ3) is 16.0. The molecule has 0 amide bonds. The molecule has 0 atom stereocenters. The summed E-state index contributed by atoms with van der Waals surface area (Å²) in [5, 5.41) is 0. The van der Waals surface area contributed by atoms with Crippen molar-refractivity contribution in [1.82, 2.24) is 0 Å². The topological polar surface area (TPSA) is 18.5 Å². The zero-order valence-corrected chi connectivity index (χ0v) is 23.5. The van der Waals surface area contributed by atoms with E-state index in [0.29, 0.717) is 5.92 Å². The van der Waals surface area contributed by atoms with E-state index in [1.54, 1.807) is 7.11 Å². The first-order valence-electron chi connectivity index (χ1n) is 12.9. The van der Waals surface area contributed by atoms with Crippen LogP contribution in [0.5, 0.6) is 11.5 Å². The maximum atomic E-state index is 5.31. The van der Waals surface area contributed by atoms with E-state index in [1.807, 2.05) is 65.0 Å². The normalized spacial score (nSPS) is 8.91. The molecule has 0 bridgehead atoms. The molecule has 0 saturated carbocycles. The van der Waals surface area contributed by atoms with Crippen molar-refractivity contribution in [3.8, 4) is 11.5 Å². The van der Waals surface area contributed by atoms with E-state index in [9.17, 15) is 0 Å². The highest BCUT2D eigenvalue weighted by Crippen LogP contribution is 2.13. The highest BCUT2D eigenvalue weighted by Gasteiger charge is 1.93. The van der Waals surface area contributed by atoms with E-state index in [0.717, 1.165) is 30.9 Å². The Hall–Kier alpha value is -2.74. The average Bonchev–Trinajstić information content (AvgIpc) is 2.93. The quantitative estimate of drug-likeness (QED) is 0.360. The number of methoxy groups -OCH3 is 1. The van der Waals surface area contributed by atoms with Crippen LogP contribution in [0.1, 0.15) is 84.9 Å². The van der Waals surface area contributed by atoms with E-state index < -0.39 is 0 Å². The maximum absolute atomic E-state index is 5.31. The molecular weight excluding hydrogens is 416 g/mol. The van der Waals surface area contributed by atoms with Gasteiger partial charge in [-0.3, -0.25) is 0 Å². The van der Waals surface area contributed by atoms with Crippen molar-refractivity contribution in [2.24, 2.45) is 0 Å². The summed E-state index contributed by atoms with van der Waals surface area (Å²) in [7, 11) is 1.69. The van der Waals surface area contributed by atoms with Crippen LogP contribution >= 0.6 is 0 Å². The first-order chi connectivity index (χ1) is 16.5. The lowest BCUT2D eigenvalue weighted by atomic mass is 10.0. The first-order valence-corrected chi connectivity index (χ1v) is 12.9. The Morgan fingerprint density at radius 2 is 1.18 bits per heavy atom. The van der Waals surface area contributed by atoms with Gasteiger partial charge in [0.15, 0.2) is 0 Å². The Bertz CT molecular complexity index is 774. The van der Waals surface area contributed by atoms with E-state index in [2.05, 4.69) is 76.2 Å². The number of hydrogen-bond acceptors (Lipinski definition) is 2. The molecule has 0 aliphatic carbocycles. The van der Waals surface area contributed by atoms with Gasteiger partial charge in [0.25, 0.3) is 0 Å². The second kappa shape index (κ2) is 23.4. The minimum Gasteiger partial charge on any atom is -0.497 e. The molecule has 34 heavy (non-hydrogen) atoms. The molecule has 0 aliphatic heterocycles. The van der Waals surface area contributed by atoms with E-state index in [4.69, 9.17) is 9.47 Å². The Kier molecular flexibility index (Phi) is 23.0. The fourth-order valence-electron chi connectivity index (χ4n) is 2.72. The Morgan fingerprint density at radius 1 is 0.618 bits per heavy atom. The van der Waals surface area contributed by atoms with Gasteiger partial charge >= 0.3 is 0 Å². The molecular formula is C32H50O2. The molecule has 0 saturated heterocycles. The van der Waals surface area contributed by atoms with Crippen molar-refractivity contribution in [2.45, 2.75) is 81.1 Å². The molecule has 0 heterocycles. The standard InChI is InChI=1S/C10H14O.C9H12O.C9H12.2C2H6/c1-3-9-5-7-10(8-6-9)11-4-2;1-3-8-5-4-6-9(7-8)10-2;1-8(2)9-6-4-3-5-7-9;2*1-2/h5-8H,3-4H2,1-2H3;4-7H,3H2,1-2H3;3-8H,1-2H3;2*1-2H3. The molecule has 3 rings (SSSR count). The number of aryl methyl sites for hydroxylation is 2. The van der Waals surface area contributed by atoms with Crippen LogP contribution < -0.4 is 9.47 Å². The minimum atomic E-state index is 0.659. The van der Waals surface area contributed by atoms with Gasteiger partial charge in [-0.2, -0.15) is 0 Å². The summed E-state index contributed by atoms with van der Waals surface area (Å²) in [6.07, 6.45) is 2.16. The third-order valence-electron chi connectivity index (χ3n) is 4.65. The lowest BCUT2D eigenvalue weighted by Gasteiger charge is -2.02. The Morgan fingerprint density at radius 3 is 1.59 bits per heavy atom. The molecule has 3 aromatic rings. The van der Waals surface area contributed by atoms with Gasteiger partial charge in [0.1, 0.15) is 11.5 Å². The van der Waals surface area contributed by atoms with Crippen LogP contribution in [0.2, 0.25) is 0 Å². The van der Waals surface area contributed by atoms with Gasteiger partial charge in [-0.15, -0.1) is 0 Å². The van der Waals surface area contributed by atoms with Gasteiger partial charge in [0.05, 0.1) is 13.7 Å². The summed E-state index contributed by atoms with van der Waals surface area (Å²) in [6, 6.07) is 26.9. The zero-order chi connectivity index (χ0) is 26.2. The van der Waals surface area contributed by atoms with Gasteiger partial charge in [-0.25, -0.2) is 0 Å². The largest absolute Gasteiger partial charge is 0.497 e. The summed E-state index contributed by atoms with van der Waals surface area (Å²) >= 11 is 0. The van der Waals surface area contributed by atoms with E-state index in [1.165, 1.54) is 16.7 Å². The maximum Gasteiger partial charge on any atom is 0.119 e. The number of hydrogen-bond donors (Lipinski definition) is 0. The van der Waals surface area contributed by atoms with Crippen molar-refractivity contribution in [1.29, 1.82) is 0 Å². The fraction of sp³-hybridized carbons (Fsp3) is 0.438. The third-order valence-corrected chi connectivity index (χ3v) is 4.65. The van der Waals surface area contributed by atoms with Crippen LogP contribution in [0, 0.1) is 0 Å². The van der Waals surface area contributed by atoms with Gasteiger partial charge in [0.2, 0.25) is 0 Å². The van der Waals surface area contributed by atoms with E-state index in [-0.39, 0.29) is 0 Å². The lowest BCUT2D eigenvalue weighted by molar-refractivity contribution is 0.340. The highest BCUT2D eigenvalue weighted by molar-refractivity contribution is 5.28. The monoisotopic (exact) mass is 466 g/mol. The predicted octanol–water partition coefficient (Wildman–Crippen LogP) is 9.77. The average molecular weight is 467 g/mol. The molecule has 2 heteroatoms. The van der Waals surface area contributed by atoms with Crippen molar-refractivity contribution < 1.29 is 9.47 Å². The van der Waals surface area contributed by atoms with Crippen molar-refractivity contribution >= 4 is 0 Å². The van der Waals surface area contributed by atoms with Crippen LogP contribution in [0.25, 0.3) is 0 Å². The molecule has 0 fully saturated rings. The van der Waals surface area contributed by atoms with Crippen molar-refractivity contribution in [3.05, 3.63) is 95.6 Å². The zero-order valence-electron chi connectivity index (χ0n) is 23.5. The molecule has 0 radical (unpaired) electrons. The summed E-state index contributed by atoms with van der Waals surface area (Å²) in [5.41, 5.74) is 4.09.